The van der Waals surface area contributed by atoms with Gasteiger partial charge in [0.25, 0.3) is 5.91 Å². The number of hydrogen-bond acceptors (Lipinski definition) is 3. The average molecular weight is 492 g/mol. The van der Waals surface area contributed by atoms with Crippen molar-refractivity contribution < 1.29 is 9.53 Å². The highest BCUT2D eigenvalue weighted by atomic mass is 35.5. The van der Waals surface area contributed by atoms with Gasteiger partial charge in [0, 0.05) is 29.4 Å². The average Bonchev–Trinajstić information content (AvgIpc) is 2.77. The minimum atomic E-state index is -1.16. The van der Waals surface area contributed by atoms with Crippen molar-refractivity contribution in [1.82, 2.24) is 10.3 Å². The van der Waals surface area contributed by atoms with Gasteiger partial charge in [-0.05, 0) is 68.7 Å². The number of ether oxygens (including phenoxy) is 1. The zero-order chi connectivity index (χ0) is 23.3. The number of benzene rings is 2. The van der Waals surface area contributed by atoms with Gasteiger partial charge in [-0.25, -0.2) is 0 Å². The summed E-state index contributed by atoms with van der Waals surface area (Å²) in [7, 11) is 0. The lowest BCUT2D eigenvalue weighted by atomic mass is 9.87. The first kappa shape index (κ1) is 24.4. The fourth-order valence-electron chi connectivity index (χ4n) is 3.42. The highest BCUT2D eigenvalue weighted by Gasteiger charge is 2.33. The van der Waals surface area contributed by atoms with Crippen molar-refractivity contribution in [2.75, 3.05) is 0 Å². The maximum atomic E-state index is 13.2. The van der Waals surface area contributed by atoms with Crippen molar-refractivity contribution >= 4 is 40.7 Å². The Morgan fingerprint density at radius 2 is 1.78 bits per heavy atom. The molecular formula is C25H25Cl3N2O2. The molecule has 0 saturated carbocycles. The van der Waals surface area contributed by atoms with Crippen LogP contribution in [0.15, 0.2) is 67.0 Å². The Balaban J connectivity index is 1.78. The van der Waals surface area contributed by atoms with E-state index in [0.29, 0.717) is 22.2 Å². The molecule has 1 aromatic heterocycles. The van der Waals surface area contributed by atoms with E-state index in [-0.39, 0.29) is 22.9 Å². The van der Waals surface area contributed by atoms with Gasteiger partial charge in [0.1, 0.15) is 10.8 Å². The standard InChI is InChI=1S/C25H25Cl3N2O2/c1-16(30-24(31)25(2,3)32-22-8-4-7-21(27)23(22)28)20(18-6-5-13-29-15-18)14-17-9-11-19(26)12-10-17/h4-13,15-16,20H,14H2,1-3H3,(H,30,31). The first-order valence-corrected chi connectivity index (χ1v) is 11.4. The molecule has 0 aliphatic carbocycles. The molecule has 0 fully saturated rings. The van der Waals surface area contributed by atoms with Gasteiger partial charge in [-0.1, -0.05) is 59.1 Å². The van der Waals surface area contributed by atoms with Crippen molar-refractivity contribution in [3.63, 3.8) is 0 Å². The van der Waals surface area contributed by atoms with Gasteiger partial charge < -0.3 is 10.1 Å². The molecule has 168 valence electrons. The molecule has 2 unspecified atom stereocenters. The quantitative estimate of drug-likeness (QED) is 0.380. The zero-order valence-corrected chi connectivity index (χ0v) is 20.4. The van der Waals surface area contributed by atoms with Gasteiger partial charge >= 0.3 is 0 Å². The minimum absolute atomic E-state index is 0.000571. The molecule has 0 spiro atoms. The van der Waals surface area contributed by atoms with E-state index in [1.54, 1.807) is 38.2 Å². The lowest BCUT2D eigenvalue weighted by Crippen LogP contribution is -2.51. The summed E-state index contributed by atoms with van der Waals surface area (Å²) in [5.74, 6) is 0.0994. The molecule has 3 rings (SSSR count). The van der Waals surface area contributed by atoms with Crippen LogP contribution < -0.4 is 10.1 Å². The van der Waals surface area contributed by atoms with Crippen molar-refractivity contribution in [2.24, 2.45) is 0 Å². The van der Waals surface area contributed by atoms with E-state index in [1.165, 1.54) is 0 Å². The second-order valence-corrected chi connectivity index (χ2v) is 9.37. The Kier molecular flexibility index (Phi) is 8.05. The van der Waals surface area contributed by atoms with Crippen LogP contribution in [0, 0.1) is 0 Å². The molecule has 1 heterocycles. The number of nitrogens with one attached hydrogen (secondary N) is 1. The van der Waals surface area contributed by atoms with Gasteiger partial charge in [-0.3, -0.25) is 9.78 Å². The summed E-state index contributed by atoms with van der Waals surface area (Å²) < 4.78 is 5.94. The lowest BCUT2D eigenvalue weighted by molar-refractivity contribution is -0.135. The molecule has 32 heavy (non-hydrogen) atoms. The summed E-state index contributed by atoms with van der Waals surface area (Å²) in [6.07, 6.45) is 4.28. The number of carbonyl (C=O) groups is 1. The Labute approximate surface area is 203 Å². The first-order chi connectivity index (χ1) is 15.2. The molecule has 1 N–H and O–H groups in total. The predicted molar refractivity (Wildman–Crippen MR) is 131 cm³/mol. The van der Waals surface area contributed by atoms with Crippen LogP contribution in [0.25, 0.3) is 0 Å². The number of nitrogens with zero attached hydrogens (tertiary/aromatic N) is 1. The summed E-state index contributed by atoms with van der Waals surface area (Å²) in [6.45, 7) is 5.38. The SMILES string of the molecule is CC(NC(=O)C(C)(C)Oc1cccc(Cl)c1Cl)C(Cc1ccc(Cl)cc1)c1cccnc1. The van der Waals surface area contributed by atoms with Crippen molar-refractivity contribution in [3.8, 4) is 5.75 Å². The van der Waals surface area contributed by atoms with Gasteiger partial charge in [0.2, 0.25) is 0 Å². The van der Waals surface area contributed by atoms with E-state index >= 15 is 0 Å². The van der Waals surface area contributed by atoms with E-state index < -0.39 is 5.60 Å². The van der Waals surface area contributed by atoms with Crippen LogP contribution in [-0.4, -0.2) is 22.5 Å². The summed E-state index contributed by atoms with van der Waals surface area (Å²) in [5.41, 5.74) is 0.986. The lowest BCUT2D eigenvalue weighted by Gasteiger charge is -2.31. The molecule has 0 aliphatic heterocycles. The molecule has 1 amide bonds. The van der Waals surface area contributed by atoms with Crippen molar-refractivity contribution in [3.05, 3.63) is 93.2 Å². The van der Waals surface area contributed by atoms with Crippen LogP contribution in [0.5, 0.6) is 5.75 Å². The number of amides is 1. The molecule has 7 heteroatoms. The topological polar surface area (TPSA) is 51.2 Å². The second kappa shape index (κ2) is 10.6. The number of carbonyl (C=O) groups excluding carboxylic acids is 1. The van der Waals surface area contributed by atoms with Gasteiger partial charge in [0.05, 0.1) is 5.02 Å². The highest BCUT2D eigenvalue weighted by molar-refractivity contribution is 6.42. The molecule has 2 aromatic carbocycles. The van der Waals surface area contributed by atoms with E-state index in [0.717, 1.165) is 11.1 Å². The van der Waals surface area contributed by atoms with Crippen molar-refractivity contribution in [2.45, 2.75) is 44.8 Å². The number of rotatable bonds is 8. The second-order valence-electron chi connectivity index (χ2n) is 8.15. The van der Waals surface area contributed by atoms with Crippen LogP contribution in [0.4, 0.5) is 0 Å². The fourth-order valence-corrected chi connectivity index (χ4v) is 3.87. The van der Waals surface area contributed by atoms with E-state index in [1.807, 2.05) is 49.5 Å². The smallest absolute Gasteiger partial charge is 0.263 e. The largest absolute Gasteiger partial charge is 0.476 e. The number of aromatic nitrogens is 1. The normalized spacial score (nSPS) is 13.3. The Morgan fingerprint density at radius 1 is 1.06 bits per heavy atom. The van der Waals surface area contributed by atoms with Crippen LogP contribution in [-0.2, 0) is 11.2 Å². The summed E-state index contributed by atoms with van der Waals surface area (Å²) in [4.78, 5) is 17.4. The highest BCUT2D eigenvalue weighted by Crippen LogP contribution is 2.34. The Bertz CT molecular complexity index is 1060. The maximum absolute atomic E-state index is 13.2. The zero-order valence-electron chi connectivity index (χ0n) is 18.1. The molecule has 0 radical (unpaired) electrons. The maximum Gasteiger partial charge on any atom is 0.263 e. The molecule has 4 nitrogen and oxygen atoms in total. The fraction of sp³-hybridized carbons (Fsp3) is 0.280. The summed E-state index contributed by atoms with van der Waals surface area (Å²) in [6, 6.07) is 16.5. The van der Waals surface area contributed by atoms with E-state index in [2.05, 4.69) is 10.3 Å². The minimum Gasteiger partial charge on any atom is -0.476 e. The first-order valence-electron chi connectivity index (χ1n) is 10.3. The molecular weight excluding hydrogens is 467 g/mol. The third kappa shape index (κ3) is 6.16. The van der Waals surface area contributed by atoms with Crippen LogP contribution >= 0.6 is 34.8 Å². The predicted octanol–water partition coefficient (Wildman–Crippen LogP) is 6.73. The van der Waals surface area contributed by atoms with E-state index in [4.69, 9.17) is 39.5 Å². The van der Waals surface area contributed by atoms with Crippen LogP contribution in [0.2, 0.25) is 15.1 Å². The van der Waals surface area contributed by atoms with Gasteiger partial charge in [-0.15, -0.1) is 0 Å². The monoisotopic (exact) mass is 490 g/mol. The van der Waals surface area contributed by atoms with Gasteiger partial charge in [-0.2, -0.15) is 0 Å². The van der Waals surface area contributed by atoms with Gasteiger partial charge in [0.15, 0.2) is 5.60 Å². The number of hydrogen-bond donors (Lipinski definition) is 1. The summed E-state index contributed by atoms with van der Waals surface area (Å²) in [5, 5.41) is 4.44. The van der Waals surface area contributed by atoms with Crippen LogP contribution in [0.3, 0.4) is 0 Å². The van der Waals surface area contributed by atoms with Crippen LogP contribution in [0.1, 0.15) is 37.8 Å². The van der Waals surface area contributed by atoms with Crippen molar-refractivity contribution in [1.29, 1.82) is 0 Å². The third-order valence-corrected chi connectivity index (χ3v) is 6.33. The molecule has 3 aromatic rings. The number of pyridine rings is 1. The molecule has 0 bridgehead atoms. The summed E-state index contributed by atoms with van der Waals surface area (Å²) >= 11 is 18.3. The van der Waals surface area contributed by atoms with E-state index in [9.17, 15) is 4.79 Å². The molecule has 0 aliphatic rings. The Morgan fingerprint density at radius 3 is 2.44 bits per heavy atom. The number of halogens is 3. The third-order valence-electron chi connectivity index (χ3n) is 5.27. The molecule has 2 atom stereocenters. The molecule has 0 saturated heterocycles. The Hall–Kier alpha value is -2.27.